The standard InChI is InChI=1S/C13H13NO2/c1-14(10-6-2-4-8-12(10)15)11-7-3-5-9-13(11)16/h2-9,15-16H,1H3. The lowest BCUT2D eigenvalue weighted by atomic mass is 10.2. The molecule has 0 heterocycles. The zero-order valence-corrected chi connectivity index (χ0v) is 8.96. The second-order valence-corrected chi connectivity index (χ2v) is 3.54. The molecule has 0 spiro atoms. The molecule has 2 rings (SSSR count). The summed E-state index contributed by atoms with van der Waals surface area (Å²) in [5.41, 5.74) is 1.31. The van der Waals surface area contributed by atoms with Gasteiger partial charge in [-0.05, 0) is 24.3 Å². The van der Waals surface area contributed by atoms with Gasteiger partial charge in [-0.3, -0.25) is 0 Å². The van der Waals surface area contributed by atoms with E-state index in [1.54, 1.807) is 48.3 Å². The van der Waals surface area contributed by atoms with Gasteiger partial charge in [0.05, 0.1) is 11.4 Å². The number of aromatic hydroxyl groups is 2. The second kappa shape index (κ2) is 4.14. The summed E-state index contributed by atoms with van der Waals surface area (Å²) in [6.45, 7) is 0. The van der Waals surface area contributed by atoms with Gasteiger partial charge in [0.1, 0.15) is 11.5 Å². The van der Waals surface area contributed by atoms with Crippen molar-refractivity contribution < 1.29 is 10.2 Å². The first kappa shape index (κ1) is 10.4. The Labute approximate surface area is 94.2 Å². The number of phenols is 2. The van der Waals surface area contributed by atoms with Crippen molar-refractivity contribution in [1.29, 1.82) is 0 Å². The molecule has 0 bridgehead atoms. The number of nitrogens with zero attached hydrogens (tertiary/aromatic N) is 1. The van der Waals surface area contributed by atoms with Crippen LogP contribution in [0, 0.1) is 0 Å². The molecule has 82 valence electrons. The molecule has 0 atom stereocenters. The number of anilines is 2. The van der Waals surface area contributed by atoms with Crippen molar-refractivity contribution in [3.05, 3.63) is 48.5 Å². The fourth-order valence-corrected chi connectivity index (χ4v) is 1.63. The van der Waals surface area contributed by atoms with Crippen LogP contribution in [-0.4, -0.2) is 17.3 Å². The Morgan fingerprint density at radius 3 is 1.50 bits per heavy atom. The van der Waals surface area contributed by atoms with Gasteiger partial charge in [-0.25, -0.2) is 0 Å². The minimum Gasteiger partial charge on any atom is -0.506 e. The molecule has 0 aliphatic heterocycles. The van der Waals surface area contributed by atoms with E-state index in [0.29, 0.717) is 11.4 Å². The second-order valence-electron chi connectivity index (χ2n) is 3.54. The van der Waals surface area contributed by atoms with Crippen LogP contribution in [-0.2, 0) is 0 Å². The van der Waals surface area contributed by atoms with Gasteiger partial charge in [0.15, 0.2) is 0 Å². The summed E-state index contributed by atoms with van der Waals surface area (Å²) in [5.74, 6) is 0.376. The third-order valence-electron chi connectivity index (χ3n) is 2.49. The Hall–Kier alpha value is -2.16. The van der Waals surface area contributed by atoms with Gasteiger partial charge >= 0.3 is 0 Å². The largest absolute Gasteiger partial charge is 0.506 e. The fraction of sp³-hybridized carbons (Fsp3) is 0.0769. The minimum absolute atomic E-state index is 0.188. The fourth-order valence-electron chi connectivity index (χ4n) is 1.63. The van der Waals surface area contributed by atoms with Crippen LogP contribution in [0.2, 0.25) is 0 Å². The molecule has 0 fully saturated rings. The molecule has 3 heteroatoms. The van der Waals surface area contributed by atoms with Crippen LogP contribution in [0.4, 0.5) is 11.4 Å². The van der Waals surface area contributed by atoms with Crippen LogP contribution in [0.1, 0.15) is 0 Å². The first-order chi connectivity index (χ1) is 7.70. The van der Waals surface area contributed by atoms with Gasteiger partial charge in [-0.2, -0.15) is 0 Å². The van der Waals surface area contributed by atoms with Crippen LogP contribution >= 0.6 is 0 Å². The summed E-state index contributed by atoms with van der Waals surface area (Å²) in [6.07, 6.45) is 0. The number of para-hydroxylation sites is 4. The maximum absolute atomic E-state index is 9.71. The third-order valence-corrected chi connectivity index (χ3v) is 2.49. The maximum Gasteiger partial charge on any atom is 0.139 e. The van der Waals surface area contributed by atoms with E-state index >= 15 is 0 Å². The summed E-state index contributed by atoms with van der Waals surface area (Å²) in [6, 6.07) is 14.0. The van der Waals surface area contributed by atoms with Crippen molar-refractivity contribution in [2.45, 2.75) is 0 Å². The quantitative estimate of drug-likeness (QED) is 0.809. The first-order valence-electron chi connectivity index (χ1n) is 5.00. The van der Waals surface area contributed by atoms with Crippen molar-refractivity contribution in [3.8, 4) is 11.5 Å². The minimum atomic E-state index is 0.188. The molecule has 2 aromatic rings. The van der Waals surface area contributed by atoms with Gasteiger partial charge < -0.3 is 15.1 Å². The SMILES string of the molecule is CN(c1ccccc1O)c1ccccc1O. The summed E-state index contributed by atoms with van der Waals surface area (Å²) >= 11 is 0. The van der Waals surface area contributed by atoms with E-state index in [4.69, 9.17) is 0 Å². The Morgan fingerprint density at radius 1 is 0.750 bits per heavy atom. The Morgan fingerprint density at radius 2 is 1.12 bits per heavy atom. The molecule has 0 saturated heterocycles. The average Bonchev–Trinajstić information content (AvgIpc) is 2.29. The lowest BCUT2D eigenvalue weighted by Gasteiger charge is -2.21. The Kier molecular flexibility index (Phi) is 2.68. The molecule has 0 amide bonds. The van der Waals surface area contributed by atoms with Crippen LogP contribution in [0.5, 0.6) is 11.5 Å². The molecule has 0 aromatic heterocycles. The normalized spacial score (nSPS) is 10.1. The molecule has 2 aromatic carbocycles. The molecule has 0 saturated carbocycles. The number of phenolic OH excluding ortho intramolecular Hbond substituents is 2. The van der Waals surface area contributed by atoms with Crippen LogP contribution in [0.3, 0.4) is 0 Å². The zero-order chi connectivity index (χ0) is 11.5. The highest BCUT2D eigenvalue weighted by Gasteiger charge is 2.10. The van der Waals surface area contributed by atoms with E-state index in [9.17, 15) is 10.2 Å². The van der Waals surface area contributed by atoms with E-state index in [2.05, 4.69) is 0 Å². The van der Waals surface area contributed by atoms with Gasteiger partial charge in [-0.1, -0.05) is 24.3 Å². The highest BCUT2D eigenvalue weighted by Crippen LogP contribution is 2.35. The average molecular weight is 215 g/mol. The number of benzene rings is 2. The lowest BCUT2D eigenvalue weighted by molar-refractivity contribution is 0.472. The van der Waals surface area contributed by atoms with E-state index in [1.807, 2.05) is 12.1 Å². The van der Waals surface area contributed by atoms with Gasteiger partial charge in [0.2, 0.25) is 0 Å². The number of hydrogen-bond donors (Lipinski definition) is 2. The summed E-state index contributed by atoms with van der Waals surface area (Å²) in [5, 5.41) is 19.4. The van der Waals surface area contributed by atoms with Gasteiger partial charge in [0, 0.05) is 7.05 Å². The van der Waals surface area contributed by atoms with E-state index in [-0.39, 0.29) is 11.5 Å². The predicted octanol–water partition coefficient (Wildman–Crippen LogP) is 2.87. The molecule has 0 unspecified atom stereocenters. The van der Waals surface area contributed by atoms with Crippen LogP contribution in [0.15, 0.2) is 48.5 Å². The molecule has 2 N–H and O–H groups in total. The highest BCUT2D eigenvalue weighted by atomic mass is 16.3. The molecular weight excluding hydrogens is 202 g/mol. The molecule has 3 nitrogen and oxygen atoms in total. The summed E-state index contributed by atoms with van der Waals surface area (Å²) < 4.78 is 0. The topological polar surface area (TPSA) is 43.7 Å². The molecule has 0 aliphatic rings. The smallest absolute Gasteiger partial charge is 0.139 e. The Bertz CT molecular complexity index is 451. The van der Waals surface area contributed by atoms with Crippen molar-refractivity contribution in [2.24, 2.45) is 0 Å². The zero-order valence-electron chi connectivity index (χ0n) is 8.96. The van der Waals surface area contributed by atoms with E-state index in [1.165, 1.54) is 0 Å². The molecular formula is C13H13NO2. The van der Waals surface area contributed by atoms with Crippen molar-refractivity contribution >= 4 is 11.4 Å². The van der Waals surface area contributed by atoms with Crippen molar-refractivity contribution in [1.82, 2.24) is 0 Å². The third kappa shape index (κ3) is 1.80. The summed E-state index contributed by atoms with van der Waals surface area (Å²) in [4.78, 5) is 1.74. The van der Waals surface area contributed by atoms with Gasteiger partial charge in [0.25, 0.3) is 0 Å². The first-order valence-corrected chi connectivity index (χ1v) is 5.00. The monoisotopic (exact) mass is 215 g/mol. The number of rotatable bonds is 2. The van der Waals surface area contributed by atoms with Crippen LogP contribution < -0.4 is 4.90 Å². The predicted molar refractivity (Wildman–Crippen MR) is 64.3 cm³/mol. The molecule has 16 heavy (non-hydrogen) atoms. The van der Waals surface area contributed by atoms with Crippen molar-refractivity contribution in [3.63, 3.8) is 0 Å². The lowest BCUT2D eigenvalue weighted by Crippen LogP contribution is -2.09. The highest BCUT2D eigenvalue weighted by molar-refractivity contribution is 5.71. The van der Waals surface area contributed by atoms with Gasteiger partial charge in [-0.15, -0.1) is 0 Å². The Balaban J connectivity index is 2.44. The van der Waals surface area contributed by atoms with E-state index in [0.717, 1.165) is 0 Å². The van der Waals surface area contributed by atoms with Crippen LogP contribution in [0.25, 0.3) is 0 Å². The van der Waals surface area contributed by atoms with E-state index < -0.39 is 0 Å². The van der Waals surface area contributed by atoms with Crippen molar-refractivity contribution in [2.75, 3.05) is 11.9 Å². The molecule has 0 aliphatic carbocycles. The number of hydrogen-bond acceptors (Lipinski definition) is 3. The molecule has 0 radical (unpaired) electrons. The summed E-state index contributed by atoms with van der Waals surface area (Å²) in [7, 11) is 1.80. The maximum atomic E-state index is 9.71.